The number of ether oxygens (including phenoxy) is 2. The lowest BCUT2D eigenvalue weighted by atomic mass is 9.46. The van der Waals surface area contributed by atoms with Gasteiger partial charge in [0.05, 0.1) is 19.8 Å². The van der Waals surface area contributed by atoms with Crippen LogP contribution in [0.15, 0.2) is 48.5 Å². The van der Waals surface area contributed by atoms with E-state index in [0.717, 1.165) is 12.1 Å². The number of benzene rings is 2. The van der Waals surface area contributed by atoms with Gasteiger partial charge in [-0.05, 0) is 49.3 Å². The van der Waals surface area contributed by atoms with E-state index in [2.05, 4.69) is 42.6 Å². The topological polar surface area (TPSA) is 64.6 Å². The van der Waals surface area contributed by atoms with Crippen molar-refractivity contribution in [1.29, 1.82) is 0 Å². The van der Waals surface area contributed by atoms with Crippen LogP contribution < -0.4 is 5.32 Å². The van der Waals surface area contributed by atoms with Crippen LogP contribution in [0.3, 0.4) is 0 Å². The molecule has 0 radical (unpaired) electrons. The van der Waals surface area contributed by atoms with Crippen LogP contribution in [0.2, 0.25) is 0 Å². The molecule has 2 aliphatic carbocycles. The smallest absolute Gasteiger partial charge is 0.323 e. The van der Waals surface area contributed by atoms with Gasteiger partial charge < -0.3 is 14.8 Å². The normalized spacial score (nSPS) is 30.2. The van der Waals surface area contributed by atoms with Crippen molar-refractivity contribution in [3.63, 3.8) is 0 Å². The standard InChI is InChI=1S/C24H25NO4/c1-15-9-10-19-18(11-15)23-14-22(20(26)28-2,21(27)29-3)12-17(23)13-24(23,25-19)16-7-5-4-6-8-16/h4-11,17,25H,12-14H2,1-3H3/t17-,23-,24+/m1/s1. The predicted molar refractivity (Wildman–Crippen MR) is 108 cm³/mol. The summed E-state index contributed by atoms with van der Waals surface area (Å²) in [7, 11) is 2.70. The van der Waals surface area contributed by atoms with Crippen molar-refractivity contribution in [3.8, 4) is 0 Å². The summed E-state index contributed by atoms with van der Waals surface area (Å²) in [5.41, 5.74) is 2.70. The lowest BCUT2D eigenvalue weighted by Crippen LogP contribution is -2.62. The minimum Gasteiger partial charge on any atom is -0.468 e. The molecule has 5 rings (SSSR count). The van der Waals surface area contributed by atoms with E-state index >= 15 is 0 Å². The number of hydrogen-bond acceptors (Lipinski definition) is 5. The first-order valence-corrected chi connectivity index (χ1v) is 10.1. The Bertz CT molecular complexity index is 1000. The van der Waals surface area contributed by atoms with Gasteiger partial charge in [0.2, 0.25) is 0 Å². The van der Waals surface area contributed by atoms with E-state index in [1.54, 1.807) is 0 Å². The number of anilines is 1. The van der Waals surface area contributed by atoms with Crippen molar-refractivity contribution in [1.82, 2.24) is 0 Å². The molecule has 150 valence electrons. The third kappa shape index (κ3) is 2.00. The monoisotopic (exact) mass is 391 g/mol. The quantitative estimate of drug-likeness (QED) is 0.638. The van der Waals surface area contributed by atoms with Crippen molar-refractivity contribution in [2.24, 2.45) is 11.3 Å². The van der Waals surface area contributed by atoms with Gasteiger partial charge in [-0.3, -0.25) is 9.59 Å². The summed E-state index contributed by atoms with van der Waals surface area (Å²) in [5, 5.41) is 3.80. The zero-order chi connectivity index (χ0) is 20.4. The number of carbonyl (C=O) groups is 2. The first-order valence-electron chi connectivity index (χ1n) is 10.1. The van der Waals surface area contributed by atoms with Gasteiger partial charge in [0.1, 0.15) is 0 Å². The molecule has 1 N–H and O–H groups in total. The van der Waals surface area contributed by atoms with E-state index in [4.69, 9.17) is 9.47 Å². The average molecular weight is 391 g/mol. The van der Waals surface area contributed by atoms with Gasteiger partial charge in [-0.1, -0.05) is 48.0 Å². The summed E-state index contributed by atoms with van der Waals surface area (Å²) in [5.74, 6) is -0.788. The Kier molecular flexibility index (Phi) is 3.67. The third-order valence-electron chi connectivity index (χ3n) is 7.61. The number of fused-ring (bicyclic) bond motifs is 1. The number of methoxy groups -OCH3 is 2. The molecular formula is C24H25NO4. The van der Waals surface area contributed by atoms with E-state index < -0.39 is 17.4 Å². The van der Waals surface area contributed by atoms with E-state index in [1.165, 1.54) is 30.9 Å². The molecule has 1 heterocycles. The Morgan fingerprint density at radius 1 is 1.00 bits per heavy atom. The van der Waals surface area contributed by atoms with E-state index in [-0.39, 0.29) is 16.9 Å². The highest BCUT2D eigenvalue weighted by Crippen LogP contribution is 2.76. The molecule has 0 amide bonds. The molecule has 2 saturated carbocycles. The zero-order valence-corrected chi connectivity index (χ0v) is 17.0. The van der Waals surface area contributed by atoms with Crippen molar-refractivity contribution < 1.29 is 19.1 Å². The van der Waals surface area contributed by atoms with Crippen LogP contribution in [0, 0.1) is 18.3 Å². The van der Waals surface area contributed by atoms with Gasteiger partial charge >= 0.3 is 11.9 Å². The van der Waals surface area contributed by atoms with Crippen LogP contribution >= 0.6 is 0 Å². The largest absolute Gasteiger partial charge is 0.468 e. The minimum absolute atomic E-state index is 0.191. The van der Waals surface area contributed by atoms with E-state index in [0.29, 0.717) is 12.8 Å². The van der Waals surface area contributed by atoms with Crippen LogP contribution in [0.4, 0.5) is 5.69 Å². The maximum atomic E-state index is 12.9. The molecule has 29 heavy (non-hydrogen) atoms. The summed E-state index contributed by atoms with van der Waals surface area (Å²) in [6.07, 6.45) is 1.71. The molecule has 1 spiro atoms. The summed E-state index contributed by atoms with van der Waals surface area (Å²) < 4.78 is 10.2. The second-order valence-electron chi connectivity index (χ2n) is 8.76. The Labute approximate surface area is 170 Å². The van der Waals surface area contributed by atoms with Crippen molar-refractivity contribution in [3.05, 3.63) is 65.2 Å². The van der Waals surface area contributed by atoms with Crippen LogP contribution in [-0.2, 0) is 30.0 Å². The first kappa shape index (κ1) is 18.2. The van der Waals surface area contributed by atoms with Gasteiger partial charge in [-0.15, -0.1) is 0 Å². The fraction of sp³-hybridized carbons (Fsp3) is 0.417. The van der Waals surface area contributed by atoms with Crippen LogP contribution in [0.25, 0.3) is 0 Å². The van der Waals surface area contributed by atoms with Gasteiger partial charge in [-0.2, -0.15) is 0 Å². The molecule has 3 aliphatic rings. The molecule has 0 aromatic heterocycles. The molecule has 1 aliphatic heterocycles. The molecule has 5 nitrogen and oxygen atoms in total. The lowest BCUT2D eigenvalue weighted by Gasteiger charge is -2.59. The van der Waals surface area contributed by atoms with E-state index in [1.807, 2.05) is 18.2 Å². The highest BCUT2D eigenvalue weighted by atomic mass is 16.5. The van der Waals surface area contributed by atoms with Crippen LogP contribution in [-0.4, -0.2) is 26.2 Å². The number of rotatable bonds is 3. The summed E-state index contributed by atoms with van der Waals surface area (Å²) in [6.45, 7) is 2.08. The van der Waals surface area contributed by atoms with Gasteiger partial charge in [-0.25, -0.2) is 0 Å². The zero-order valence-electron chi connectivity index (χ0n) is 17.0. The number of nitrogens with one attached hydrogen (secondary N) is 1. The summed E-state index contributed by atoms with van der Waals surface area (Å²) in [6, 6.07) is 16.8. The second-order valence-corrected chi connectivity index (χ2v) is 8.76. The Hall–Kier alpha value is -2.82. The summed E-state index contributed by atoms with van der Waals surface area (Å²) >= 11 is 0. The average Bonchev–Trinajstić information content (AvgIpc) is 3.15. The molecule has 0 unspecified atom stereocenters. The molecule has 5 heteroatoms. The molecule has 2 aromatic rings. The van der Waals surface area contributed by atoms with Gasteiger partial charge in [0.15, 0.2) is 5.41 Å². The molecule has 3 atom stereocenters. The minimum atomic E-state index is -1.27. The third-order valence-corrected chi connectivity index (χ3v) is 7.61. The highest BCUT2D eigenvalue weighted by Gasteiger charge is 2.78. The summed E-state index contributed by atoms with van der Waals surface area (Å²) in [4.78, 5) is 25.8. The highest BCUT2D eigenvalue weighted by molar-refractivity contribution is 6.01. The number of aryl methyl sites for hydroxylation is 1. The molecule has 2 fully saturated rings. The van der Waals surface area contributed by atoms with Crippen LogP contribution in [0.1, 0.15) is 36.0 Å². The van der Waals surface area contributed by atoms with Crippen LogP contribution in [0.5, 0.6) is 0 Å². The Morgan fingerprint density at radius 3 is 2.34 bits per heavy atom. The predicted octanol–water partition coefficient (Wildman–Crippen LogP) is 3.70. The number of hydrogen-bond donors (Lipinski definition) is 1. The maximum absolute atomic E-state index is 12.9. The fourth-order valence-corrected chi connectivity index (χ4v) is 6.48. The molecule has 0 saturated heterocycles. The van der Waals surface area contributed by atoms with Crippen molar-refractivity contribution >= 4 is 17.6 Å². The maximum Gasteiger partial charge on any atom is 0.323 e. The first-order chi connectivity index (χ1) is 13.9. The SMILES string of the molecule is COC(=O)C1(C(=O)OC)C[C@@H]2C[C@@]3(c4ccccc4)Nc4ccc(C)cc4[C@@]23C1. The fourth-order valence-electron chi connectivity index (χ4n) is 6.48. The van der Waals surface area contributed by atoms with Gasteiger partial charge in [0, 0.05) is 11.1 Å². The van der Waals surface area contributed by atoms with Gasteiger partial charge in [0.25, 0.3) is 0 Å². The molecule has 0 bridgehead atoms. The van der Waals surface area contributed by atoms with Crippen molar-refractivity contribution in [2.45, 2.75) is 37.1 Å². The molecule has 2 aromatic carbocycles. The molecular weight excluding hydrogens is 366 g/mol. The number of esters is 2. The van der Waals surface area contributed by atoms with E-state index in [9.17, 15) is 9.59 Å². The Balaban J connectivity index is 1.74. The number of carbonyl (C=O) groups excluding carboxylic acids is 2. The van der Waals surface area contributed by atoms with Crippen molar-refractivity contribution in [2.75, 3.05) is 19.5 Å². The lowest BCUT2D eigenvalue weighted by molar-refractivity contribution is -0.169. The Morgan fingerprint density at radius 2 is 1.69 bits per heavy atom. The second kappa shape index (κ2) is 5.85.